The first kappa shape index (κ1) is 10.8. The van der Waals surface area contributed by atoms with Crippen LogP contribution in [0.5, 0.6) is 0 Å². The first-order chi connectivity index (χ1) is 6.13. The maximum Gasteiger partial charge on any atom is 0.694 e. The minimum absolute atomic E-state index is 0.126. The van der Waals surface area contributed by atoms with Gasteiger partial charge in [0.15, 0.2) is 0 Å². The highest BCUT2D eigenvalue weighted by atomic mass is 31.1. The smallest absolute Gasteiger partial charge is 0.372 e. The highest BCUT2D eigenvalue weighted by molar-refractivity contribution is 7.32. The normalized spacial score (nSPS) is 34.6. The van der Waals surface area contributed by atoms with Gasteiger partial charge in [-0.15, -0.1) is 16.0 Å². The molecule has 0 aromatic heterocycles. The van der Waals surface area contributed by atoms with Gasteiger partial charge in [-0.25, -0.2) is 0 Å². The third-order valence-corrected chi connectivity index (χ3v) is 2.51. The van der Waals surface area contributed by atoms with E-state index in [9.17, 15) is 4.57 Å². The van der Waals surface area contributed by atoms with Crippen molar-refractivity contribution in [2.45, 2.75) is 25.6 Å². The highest BCUT2D eigenvalue weighted by Crippen LogP contribution is 2.29. The van der Waals surface area contributed by atoms with Crippen LogP contribution in [0.4, 0.5) is 0 Å². The fourth-order valence-electron chi connectivity index (χ4n) is 1.54. The van der Waals surface area contributed by atoms with Crippen molar-refractivity contribution in [2.75, 3.05) is 6.61 Å². The van der Waals surface area contributed by atoms with Gasteiger partial charge in [0.1, 0.15) is 6.61 Å². The van der Waals surface area contributed by atoms with Gasteiger partial charge in [-0.3, -0.25) is 0 Å². The number of ether oxygens (including phenoxy) is 1. The van der Waals surface area contributed by atoms with Crippen LogP contribution in [0, 0.1) is 5.92 Å². The average molecular weight is 205 g/mol. The molecular weight excluding hydrogens is 191 g/mol. The third-order valence-electron chi connectivity index (χ3n) is 2.14. The Kier molecular flexibility index (Phi) is 4.00. The maximum absolute atomic E-state index is 10.3. The lowest BCUT2D eigenvalue weighted by atomic mass is 10.0. The molecule has 0 spiro atoms. The fourth-order valence-corrected chi connectivity index (χ4v) is 1.81. The summed E-state index contributed by atoms with van der Waals surface area (Å²) in [7, 11) is -2.52. The van der Waals surface area contributed by atoms with Crippen molar-refractivity contribution in [3.8, 4) is 0 Å². The third kappa shape index (κ3) is 3.16. The highest BCUT2D eigenvalue weighted by Gasteiger charge is 2.33. The molecule has 4 atom stereocenters. The fraction of sp³-hybridized carbons (Fsp3) is 0.750. The monoisotopic (exact) mass is 205 g/mol. The zero-order valence-corrected chi connectivity index (χ0v) is 8.44. The van der Waals surface area contributed by atoms with E-state index in [0.29, 0.717) is 0 Å². The van der Waals surface area contributed by atoms with Gasteiger partial charge in [-0.05, 0) is 13.3 Å². The van der Waals surface area contributed by atoms with Gasteiger partial charge in [-0.2, -0.15) is 0 Å². The summed E-state index contributed by atoms with van der Waals surface area (Å²) in [4.78, 5) is 8.44. The summed E-state index contributed by atoms with van der Waals surface area (Å²) in [5.74, 6) is 0.227. The number of hydrogen-bond donors (Lipinski definition) is 1. The van der Waals surface area contributed by atoms with Crippen LogP contribution in [-0.4, -0.2) is 23.7 Å². The Balaban J connectivity index is 2.39. The summed E-state index contributed by atoms with van der Waals surface area (Å²) in [6.07, 6.45) is 2.76. The van der Waals surface area contributed by atoms with E-state index in [1.165, 1.54) is 0 Å². The average Bonchev–Trinajstić information content (AvgIpc) is 2.42. The lowest BCUT2D eigenvalue weighted by molar-refractivity contribution is 0.0180. The molecule has 13 heavy (non-hydrogen) atoms. The largest absolute Gasteiger partial charge is 0.694 e. The SMILES string of the molecule is C=C[C@H]1C[C@H](C)O[C@@H]1CO[P+](=O)O. The molecule has 1 N–H and O–H groups in total. The molecule has 0 aliphatic carbocycles. The second-order valence-electron chi connectivity index (χ2n) is 3.15. The summed E-state index contributed by atoms with van der Waals surface area (Å²) in [5, 5.41) is 0. The van der Waals surface area contributed by atoms with E-state index < -0.39 is 8.25 Å². The van der Waals surface area contributed by atoms with Crippen LogP contribution >= 0.6 is 8.25 Å². The molecule has 0 radical (unpaired) electrons. The zero-order chi connectivity index (χ0) is 9.84. The van der Waals surface area contributed by atoms with Gasteiger partial charge in [0.2, 0.25) is 0 Å². The Morgan fingerprint density at radius 1 is 1.85 bits per heavy atom. The van der Waals surface area contributed by atoms with E-state index in [-0.39, 0.29) is 24.7 Å². The summed E-state index contributed by atoms with van der Waals surface area (Å²) in [5.41, 5.74) is 0. The van der Waals surface area contributed by atoms with Crippen LogP contribution in [0.15, 0.2) is 12.7 Å². The van der Waals surface area contributed by atoms with E-state index in [4.69, 9.17) is 9.63 Å². The summed E-state index contributed by atoms with van der Waals surface area (Å²) >= 11 is 0. The molecule has 4 nitrogen and oxygen atoms in total. The van der Waals surface area contributed by atoms with Crippen LogP contribution in [0.1, 0.15) is 13.3 Å². The predicted octanol–water partition coefficient (Wildman–Crippen LogP) is 1.63. The van der Waals surface area contributed by atoms with Gasteiger partial charge in [0, 0.05) is 10.5 Å². The Labute approximate surface area is 78.5 Å². The molecule has 1 rings (SSSR count). The van der Waals surface area contributed by atoms with E-state index in [2.05, 4.69) is 11.1 Å². The molecule has 1 fully saturated rings. The molecule has 1 aliphatic rings. The molecule has 0 saturated carbocycles. The Hall–Kier alpha value is -0.280. The van der Waals surface area contributed by atoms with Gasteiger partial charge in [0.25, 0.3) is 0 Å². The molecule has 5 heteroatoms. The predicted molar refractivity (Wildman–Crippen MR) is 48.4 cm³/mol. The molecule has 1 unspecified atom stereocenters. The standard InChI is InChI=1S/C8H13O4P/c1-3-7-4-6(2)12-8(7)5-11-13(9)10/h3,6-8H,1,4-5H2,2H3/p+1/t6-,7-,8+/m0/s1. The first-order valence-electron chi connectivity index (χ1n) is 4.20. The molecule has 1 saturated heterocycles. The second-order valence-corrected chi connectivity index (χ2v) is 3.89. The summed E-state index contributed by atoms with van der Waals surface area (Å²) < 4.78 is 20.4. The van der Waals surface area contributed by atoms with Gasteiger partial charge in [0.05, 0.1) is 12.2 Å². The van der Waals surface area contributed by atoms with E-state index in [1.54, 1.807) is 0 Å². The quantitative estimate of drug-likeness (QED) is 0.559. The second kappa shape index (κ2) is 4.82. The summed E-state index contributed by atoms with van der Waals surface area (Å²) in [6.45, 7) is 5.81. The Morgan fingerprint density at radius 3 is 3.08 bits per heavy atom. The Bertz CT molecular complexity index is 206. The molecular formula is C8H14O4P+. The summed E-state index contributed by atoms with van der Waals surface area (Å²) in [6, 6.07) is 0. The molecule has 1 heterocycles. The molecule has 74 valence electrons. The van der Waals surface area contributed by atoms with Gasteiger partial charge in [-0.1, -0.05) is 6.08 Å². The van der Waals surface area contributed by atoms with E-state index in [1.807, 2.05) is 13.0 Å². The molecule has 0 aromatic rings. The van der Waals surface area contributed by atoms with Crippen molar-refractivity contribution in [1.29, 1.82) is 0 Å². The van der Waals surface area contributed by atoms with E-state index in [0.717, 1.165) is 6.42 Å². The van der Waals surface area contributed by atoms with Crippen LogP contribution in [0.3, 0.4) is 0 Å². The lowest BCUT2D eigenvalue weighted by Gasteiger charge is -2.10. The van der Waals surface area contributed by atoms with Crippen molar-refractivity contribution in [2.24, 2.45) is 5.92 Å². The first-order valence-corrected chi connectivity index (χ1v) is 5.33. The molecule has 0 amide bonds. The molecule has 1 aliphatic heterocycles. The van der Waals surface area contributed by atoms with Crippen molar-refractivity contribution >= 4 is 8.25 Å². The van der Waals surface area contributed by atoms with Crippen molar-refractivity contribution in [3.05, 3.63) is 12.7 Å². The zero-order valence-electron chi connectivity index (χ0n) is 7.55. The molecule has 0 aromatic carbocycles. The maximum atomic E-state index is 10.3. The van der Waals surface area contributed by atoms with Crippen molar-refractivity contribution in [1.82, 2.24) is 0 Å². The van der Waals surface area contributed by atoms with Crippen LogP contribution < -0.4 is 0 Å². The Morgan fingerprint density at radius 2 is 2.54 bits per heavy atom. The van der Waals surface area contributed by atoms with E-state index >= 15 is 0 Å². The number of rotatable bonds is 4. The minimum Gasteiger partial charge on any atom is -0.372 e. The van der Waals surface area contributed by atoms with Crippen molar-refractivity contribution in [3.63, 3.8) is 0 Å². The van der Waals surface area contributed by atoms with Gasteiger partial charge < -0.3 is 4.74 Å². The van der Waals surface area contributed by atoms with Gasteiger partial charge >= 0.3 is 8.25 Å². The van der Waals surface area contributed by atoms with Crippen molar-refractivity contribution < 1.29 is 18.7 Å². The topological polar surface area (TPSA) is 55.8 Å². The minimum atomic E-state index is -2.52. The van der Waals surface area contributed by atoms with Crippen LogP contribution in [0.2, 0.25) is 0 Å². The molecule has 0 bridgehead atoms. The van der Waals surface area contributed by atoms with Crippen LogP contribution in [0.25, 0.3) is 0 Å². The lowest BCUT2D eigenvalue weighted by Crippen LogP contribution is -2.19. The number of hydrogen-bond acceptors (Lipinski definition) is 3. The van der Waals surface area contributed by atoms with Crippen LogP contribution in [-0.2, 0) is 13.8 Å².